The highest BCUT2D eigenvalue weighted by atomic mass is 35.5. The summed E-state index contributed by atoms with van der Waals surface area (Å²) >= 11 is 11.9. The summed E-state index contributed by atoms with van der Waals surface area (Å²) in [5, 5.41) is 4.24. The quantitative estimate of drug-likeness (QED) is 0.917. The summed E-state index contributed by atoms with van der Waals surface area (Å²) < 4.78 is 0. The Morgan fingerprint density at radius 2 is 1.89 bits per heavy atom. The standard InChI is InChI=1S/C13H13Cl2N3/c1-3-16-13-7-12(17-8(2)18-13)9-4-5-10(14)11(15)6-9/h4-7H,3H2,1-2H3,(H,16,17,18). The van der Waals surface area contributed by atoms with E-state index < -0.39 is 0 Å². The highest BCUT2D eigenvalue weighted by Gasteiger charge is 2.06. The molecular weight excluding hydrogens is 269 g/mol. The van der Waals surface area contributed by atoms with Gasteiger partial charge in [0.1, 0.15) is 11.6 Å². The second-order valence-electron chi connectivity index (χ2n) is 3.84. The van der Waals surface area contributed by atoms with Gasteiger partial charge in [-0.25, -0.2) is 9.97 Å². The molecule has 0 saturated carbocycles. The van der Waals surface area contributed by atoms with Crippen LogP contribution >= 0.6 is 23.2 Å². The summed E-state index contributed by atoms with van der Waals surface area (Å²) in [5.74, 6) is 1.53. The molecular formula is C13H13Cl2N3. The minimum Gasteiger partial charge on any atom is -0.370 e. The van der Waals surface area contributed by atoms with Crippen molar-refractivity contribution in [2.45, 2.75) is 13.8 Å². The summed E-state index contributed by atoms with van der Waals surface area (Å²) in [6, 6.07) is 7.37. The van der Waals surface area contributed by atoms with Crippen LogP contribution in [0, 0.1) is 6.92 Å². The lowest BCUT2D eigenvalue weighted by atomic mass is 10.1. The van der Waals surface area contributed by atoms with Crippen molar-refractivity contribution in [1.29, 1.82) is 0 Å². The number of hydrogen-bond acceptors (Lipinski definition) is 3. The first-order valence-electron chi connectivity index (χ1n) is 5.65. The van der Waals surface area contributed by atoms with Crippen molar-refractivity contribution >= 4 is 29.0 Å². The fourth-order valence-corrected chi connectivity index (χ4v) is 1.94. The van der Waals surface area contributed by atoms with Crippen molar-refractivity contribution in [2.24, 2.45) is 0 Å². The Bertz CT molecular complexity index is 570. The minimum absolute atomic E-state index is 0.524. The van der Waals surface area contributed by atoms with Gasteiger partial charge in [0.25, 0.3) is 0 Å². The fraction of sp³-hybridized carbons (Fsp3) is 0.231. The van der Waals surface area contributed by atoms with Crippen molar-refractivity contribution < 1.29 is 0 Å². The lowest BCUT2D eigenvalue weighted by Gasteiger charge is -2.07. The molecule has 1 N–H and O–H groups in total. The first-order valence-corrected chi connectivity index (χ1v) is 6.40. The highest BCUT2D eigenvalue weighted by Crippen LogP contribution is 2.28. The third-order valence-electron chi connectivity index (χ3n) is 2.41. The van der Waals surface area contributed by atoms with Gasteiger partial charge in [-0.15, -0.1) is 0 Å². The molecule has 0 fully saturated rings. The van der Waals surface area contributed by atoms with Gasteiger partial charge in [0.15, 0.2) is 0 Å². The molecule has 5 heteroatoms. The van der Waals surface area contributed by atoms with E-state index in [1.165, 1.54) is 0 Å². The van der Waals surface area contributed by atoms with Crippen molar-refractivity contribution in [2.75, 3.05) is 11.9 Å². The lowest BCUT2D eigenvalue weighted by molar-refractivity contribution is 1.04. The van der Waals surface area contributed by atoms with Crippen LogP contribution in [0.1, 0.15) is 12.7 Å². The monoisotopic (exact) mass is 281 g/mol. The first kappa shape index (κ1) is 13.1. The predicted molar refractivity (Wildman–Crippen MR) is 76.4 cm³/mol. The van der Waals surface area contributed by atoms with Gasteiger partial charge >= 0.3 is 0 Å². The maximum Gasteiger partial charge on any atom is 0.130 e. The highest BCUT2D eigenvalue weighted by molar-refractivity contribution is 6.42. The zero-order chi connectivity index (χ0) is 13.1. The maximum atomic E-state index is 6.01. The molecule has 3 nitrogen and oxygen atoms in total. The van der Waals surface area contributed by atoms with E-state index in [9.17, 15) is 0 Å². The molecule has 0 spiro atoms. The first-order chi connectivity index (χ1) is 8.60. The van der Waals surface area contributed by atoms with Gasteiger partial charge in [0.2, 0.25) is 0 Å². The number of halogens is 2. The van der Waals surface area contributed by atoms with E-state index >= 15 is 0 Å². The van der Waals surface area contributed by atoms with Crippen LogP contribution in [0.5, 0.6) is 0 Å². The molecule has 0 unspecified atom stereocenters. The van der Waals surface area contributed by atoms with E-state index in [1.807, 2.05) is 26.0 Å². The molecule has 0 aliphatic carbocycles. The Morgan fingerprint density at radius 3 is 2.56 bits per heavy atom. The molecule has 0 atom stereocenters. The van der Waals surface area contributed by atoms with Gasteiger partial charge in [0.05, 0.1) is 15.7 Å². The molecule has 2 aromatic rings. The molecule has 2 rings (SSSR count). The van der Waals surface area contributed by atoms with Crippen molar-refractivity contribution in [3.63, 3.8) is 0 Å². The molecule has 18 heavy (non-hydrogen) atoms. The molecule has 0 bridgehead atoms. The van der Waals surface area contributed by atoms with Crippen molar-refractivity contribution in [3.8, 4) is 11.3 Å². The van der Waals surface area contributed by atoms with E-state index in [0.29, 0.717) is 10.0 Å². The second-order valence-corrected chi connectivity index (χ2v) is 4.66. The van der Waals surface area contributed by atoms with Crippen molar-refractivity contribution in [1.82, 2.24) is 9.97 Å². The number of rotatable bonds is 3. The largest absolute Gasteiger partial charge is 0.370 e. The third kappa shape index (κ3) is 2.92. The normalized spacial score (nSPS) is 10.4. The molecule has 1 aromatic carbocycles. The fourth-order valence-electron chi connectivity index (χ4n) is 1.64. The van der Waals surface area contributed by atoms with E-state index in [0.717, 1.165) is 29.4 Å². The summed E-state index contributed by atoms with van der Waals surface area (Å²) in [5.41, 5.74) is 1.76. The van der Waals surface area contributed by atoms with Gasteiger partial charge in [-0.2, -0.15) is 0 Å². The number of nitrogens with zero attached hydrogens (tertiary/aromatic N) is 2. The Morgan fingerprint density at radius 1 is 1.11 bits per heavy atom. The third-order valence-corrected chi connectivity index (χ3v) is 3.15. The SMILES string of the molecule is CCNc1cc(-c2ccc(Cl)c(Cl)c2)nc(C)n1. The van der Waals surface area contributed by atoms with Gasteiger partial charge in [0, 0.05) is 18.2 Å². The average Bonchev–Trinajstić information content (AvgIpc) is 2.32. The van der Waals surface area contributed by atoms with Crippen LogP contribution in [-0.4, -0.2) is 16.5 Å². The number of benzene rings is 1. The summed E-state index contributed by atoms with van der Waals surface area (Å²) in [7, 11) is 0. The molecule has 94 valence electrons. The maximum absolute atomic E-state index is 6.01. The molecule has 1 heterocycles. The second kappa shape index (κ2) is 5.55. The van der Waals surface area contributed by atoms with Gasteiger partial charge in [-0.1, -0.05) is 29.3 Å². The van der Waals surface area contributed by atoms with Crippen LogP contribution in [-0.2, 0) is 0 Å². The summed E-state index contributed by atoms with van der Waals surface area (Å²) in [6.45, 7) is 4.70. The van der Waals surface area contributed by atoms with Crippen LogP contribution in [0.4, 0.5) is 5.82 Å². The van der Waals surface area contributed by atoms with E-state index in [-0.39, 0.29) is 0 Å². The Balaban J connectivity index is 2.46. The minimum atomic E-state index is 0.524. The number of hydrogen-bond donors (Lipinski definition) is 1. The topological polar surface area (TPSA) is 37.8 Å². The van der Waals surface area contributed by atoms with Crippen LogP contribution in [0.25, 0.3) is 11.3 Å². The molecule has 0 radical (unpaired) electrons. The molecule has 0 saturated heterocycles. The van der Waals surface area contributed by atoms with Crippen LogP contribution in [0.2, 0.25) is 10.0 Å². The van der Waals surface area contributed by atoms with E-state index in [1.54, 1.807) is 12.1 Å². The molecule has 0 aliphatic rings. The number of nitrogens with one attached hydrogen (secondary N) is 1. The van der Waals surface area contributed by atoms with Crippen LogP contribution < -0.4 is 5.32 Å². The van der Waals surface area contributed by atoms with E-state index in [4.69, 9.17) is 23.2 Å². The van der Waals surface area contributed by atoms with Crippen LogP contribution in [0.3, 0.4) is 0 Å². The Hall–Kier alpha value is -1.32. The average molecular weight is 282 g/mol. The number of aryl methyl sites for hydroxylation is 1. The Kier molecular flexibility index (Phi) is 4.04. The van der Waals surface area contributed by atoms with Gasteiger partial charge in [-0.05, 0) is 26.0 Å². The van der Waals surface area contributed by atoms with Gasteiger partial charge in [-0.3, -0.25) is 0 Å². The number of anilines is 1. The van der Waals surface area contributed by atoms with Crippen LogP contribution in [0.15, 0.2) is 24.3 Å². The number of aromatic nitrogens is 2. The van der Waals surface area contributed by atoms with E-state index in [2.05, 4.69) is 15.3 Å². The Labute approximate surface area is 116 Å². The van der Waals surface area contributed by atoms with Gasteiger partial charge < -0.3 is 5.32 Å². The molecule has 0 aliphatic heterocycles. The van der Waals surface area contributed by atoms with Crippen molar-refractivity contribution in [3.05, 3.63) is 40.1 Å². The molecule has 1 aromatic heterocycles. The summed E-state index contributed by atoms with van der Waals surface area (Å²) in [4.78, 5) is 8.71. The summed E-state index contributed by atoms with van der Waals surface area (Å²) in [6.07, 6.45) is 0. The molecule has 0 amide bonds. The lowest BCUT2D eigenvalue weighted by Crippen LogP contribution is -2.02. The zero-order valence-corrected chi connectivity index (χ0v) is 11.7. The predicted octanol–water partition coefficient (Wildman–Crippen LogP) is 4.19. The smallest absolute Gasteiger partial charge is 0.130 e. The zero-order valence-electron chi connectivity index (χ0n) is 10.2.